The Labute approximate surface area is 124 Å². The van der Waals surface area contributed by atoms with Crippen LogP contribution < -0.4 is 10.6 Å². The van der Waals surface area contributed by atoms with E-state index in [1.807, 2.05) is 0 Å². The highest BCUT2D eigenvalue weighted by atomic mass is 19.1. The molecule has 116 valence electrons. The lowest BCUT2D eigenvalue weighted by Gasteiger charge is -2.12. The molecule has 0 radical (unpaired) electrons. The summed E-state index contributed by atoms with van der Waals surface area (Å²) in [5.41, 5.74) is 0.555. The predicted octanol–water partition coefficient (Wildman–Crippen LogP) is 1.83. The first-order valence-corrected chi connectivity index (χ1v) is 6.90. The molecule has 0 unspecified atom stereocenters. The molecule has 1 rings (SSSR count). The first-order chi connectivity index (χ1) is 10.0. The number of halogens is 1. The van der Waals surface area contributed by atoms with Crippen molar-refractivity contribution in [3.63, 3.8) is 0 Å². The van der Waals surface area contributed by atoms with Gasteiger partial charge in [-0.25, -0.2) is 4.39 Å². The zero-order valence-corrected chi connectivity index (χ0v) is 12.6. The summed E-state index contributed by atoms with van der Waals surface area (Å²) < 4.78 is 18.5. The van der Waals surface area contributed by atoms with E-state index in [1.165, 1.54) is 6.07 Å². The molecule has 0 aromatic heterocycles. The number of nitrogens with one attached hydrogen (secondary N) is 2. The molecule has 0 saturated carbocycles. The van der Waals surface area contributed by atoms with Gasteiger partial charge in [0.05, 0.1) is 12.5 Å². The molecule has 0 atom stereocenters. The Balaban J connectivity index is 2.33. The number of carbonyl (C=O) groups excluding carboxylic acids is 1. The van der Waals surface area contributed by atoms with Gasteiger partial charge in [-0.2, -0.15) is 0 Å². The number of carbonyl (C=O) groups is 1. The molecule has 0 bridgehead atoms. The Kier molecular flexibility index (Phi) is 7.21. The fraction of sp³-hybridized carbons (Fsp3) is 0.467. The highest BCUT2D eigenvalue weighted by Gasteiger charge is 2.06. The van der Waals surface area contributed by atoms with Crippen LogP contribution in [0.15, 0.2) is 29.3 Å². The third-order valence-electron chi connectivity index (χ3n) is 2.62. The summed E-state index contributed by atoms with van der Waals surface area (Å²) in [7, 11) is 1.61. The summed E-state index contributed by atoms with van der Waals surface area (Å²) in [5, 5.41) is 5.97. The van der Waals surface area contributed by atoms with Crippen molar-refractivity contribution >= 4 is 11.9 Å². The van der Waals surface area contributed by atoms with Crippen molar-refractivity contribution in [3.05, 3.63) is 35.6 Å². The quantitative estimate of drug-likeness (QED) is 0.477. The van der Waals surface area contributed by atoms with Crippen molar-refractivity contribution < 1.29 is 13.9 Å². The van der Waals surface area contributed by atoms with Crippen molar-refractivity contribution in [3.8, 4) is 0 Å². The van der Waals surface area contributed by atoms with Crippen molar-refractivity contribution in [2.45, 2.75) is 32.9 Å². The summed E-state index contributed by atoms with van der Waals surface area (Å²) in [4.78, 5) is 15.4. The Morgan fingerprint density at radius 2 is 2.05 bits per heavy atom. The lowest BCUT2D eigenvalue weighted by Crippen LogP contribution is -2.38. The van der Waals surface area contributed by atoms with E-state index >= 15 is 0 Å². The lowest BCUT2D eigenvalue weighted by atomic mass is 10.2. The smallest absolute Gasteiger partial charge is 0.307 e. The summed E-state index contributed by atoms with van der Waals surface area (Å²) in [5.74, 6) is -0.0152. The van der Waals surface area contributed by atoms with Crippen LogP contribution in [0.3, 0.4) is 0 Å². The average molecular weight is 295 g/mol. The number of esters is 1. The third kappa shape index (κ3) is 6.74. The minimum atomic E-state index is -0.263. The van der Waals surface area contributed by atoms with Gasteiger partial charge in [-0.3, -0.25) is 9.79 Å². The third-order valence-corrected chi connectivity index (χ3v) is 2.62. The van der Waals surface area contributed by atoms with Crippen LogP contribution in [0.25, 0.3) is 0 Å². The Morgan fingerprint density at radius 3 is 2.67 bits per heavy atom. The van der Waals surface area contributed by atoms with E-state index in [9.17, 15) is 9.18 Å². The van der Waals surface area contributed by atoms with E-state index in [0.717, 1.165) is 0 Å². The summed E-state index contributed by atoms with van der Waals surface area (Å²) in [6.45, 7) is 4.34. The van der Waals surface area contributed by atoms with Gasteiger partial charge >= 0.3 is 5.97 Å². The van der Waals surface area contributed by atoms with Crippen molar-refractivity contribution in [1.29, 1.82) is 0 Å². The Bertz CT molecular complexity index is 490. The van der Waals surface area contributed by atoms with E-state index in [-0.39, 0.29) is 24.3 Å². The van der Waals surface area contributed by atoms with Crippen LogP contribution in [0.1, 0.15) is 25.8 Å². The van der Waals surface area contributed by atoms with Gasteiger partial charge in [0.1, 0.15) is 5.82 Å². The number of ether oxygens (including phenoxy) is 1. The van der Waals surface area contributed by atoms with Crippen molar-refractivity contribution in [2.24, 2.45) is 4.99 Å². The number of nitrogens with zero attached hydrogens (tertiary/aromatic N) is 1. The first kappa shape index (κ1) is 16.9. The largest absolute Gasteiger partial charge is 0.463 e. The van der Waals surface area contributed by atoms with Gasteiger partial charge in [0, 0.05) is 25.7 Å². The maximum Gasteiger partial charge on any atom is 0.307 e. The number of guanidine groups is 1. The summed E-state index contributed by atoms with van der Waals surface area (Å²) in [6.07, 6.45) is 0.134. The standard InChI is InChI=1S/C15H22FN3O2/c1-11(2)21-14(20)8-9-18-15(17-3)19-10-12-6-4-5-7-13(12)16/h4-7,11H,8-10H2,1-3H3,(H2,17,18,19). The number of hydrogen-bond acceptors (Lipinski definition) is 3. The molecule has 1 aromatic rings. The first-order valence-electron chi connectivity index (χ1n) is 6.90. The van der Waals surface area contributed by atoms with Gasteiger partial charge in [0.15, 0.2) is 5.96 Å². The van der Waals surface area contributed by atoms with Gasteiger partial charge in [-0.1, -0.05) is 18.2 Å². The summed E-state index contributed by atoms with van der Waals surface area (Å²) in [6, 6.07) is 6.54. The highest BCUT2D eigenvalue weighted by molar-refractivity contribution is 5.80. The zero-order chi connectivity index (χ0) is 15.7. The maximum absolute atomic E-state index is 13.5. The fourth-order valence-corrected chi connectivity index (χ4v) is 1.65. The van der Waals surface area contributed by atoms with E-state index in [4.69, 9.17) is 4.74 Å². The molecular formula is C15H22FN3O2. The lowest BCUT2D eigenvalue weighted by molar-refractivity contribution is -0.147. The predicted molar refractivity (Wildman–Crippen MR) is 80.4 cm³/mol. The van der Waals surface area contributed by atoms with Crippen molar-refractivity contribution in [2.75, 3.05) is 13.6 Å². The molecule has 0 aliphatic heterocycles. The molecular weight excluding hydrogens is 273 g/mol. The topological polar surface area (TPSA) is 62.7 Å². The number of hydrogen-bond donors (Lipinski definition) is 2. The number of rotatable bonds is 6. The molecule has 1 aromatic carbocycles. The Hall–Kier alpha value is -2.11. The van der Waals surface area contributed by atoms with E-state index in [0.29, 0.717) is 24.6 Å². The van der Waals surface area contributed by atoms with E-state index in [2.05, 4.69) is 15.6 Å². The van der Waals surface area contributed by atoms with Crippen LogP contribution >= 0.6 is 0 Å². The molecule has 0 aliphatic carbocycles. The second-order valence-corrected chi connectivity index (χ2v) is 4.73. The van der Waals surface area contributed by atoms with Gasteiger partial charge in [0.25, 0.3) is 0 Å². The summed E-state index contributed by atoms with van der Waals surface area (Å²) >= 11 is 0. The maximum atomic E-state index is 13.5. The molecule has 0 saturated heterocycles. The highest BCUT2D eigenvalue weighted by Crippen LogP contribution is 2.05. The van der Waals surface area contributed by atoms with Gasteiger partial charge in [-0.05, 0) is 19.9 Å². The molecule has 5 nitrogen and oxygen atoms in total. The fourth-order valence-electron chi connectivity index (χ4n) is 1.65. The van der Waals surface area contributed by atoms with Gasteiger partial charge in [0.2, 0.25) is 0 Å². The zero-order valence-electron chi connectivity index (χ0n) is 12.6. The molecule has 2 N–H and O–H groups in total. The minimum Gasteiger partial charge on any atom is -0.463 e. The second kappa shape index (κ2) is 8.94. The molecule has 0 fully saturated rings. The minimum absolute atomic E-state index is 0.115. The Morgan fingerprint density at radius 1 is 1.33 bits per heavy atom. The molecule has 0 aliphatic rings. The van der Waals surface area contributed by atoms with Crippen LogP contribution in [0, 0.1) is 5.82 Å². The van der Waals surface area contributed by atoms with Gasteiger partial charge in [-0.15, -0.1) is 0 Å². The van der Waals surface area contributed by atoms with Crippen LogP contribution in [-0.2, 0) is 16.1 Å². The SMILES string of the molecule is CN=C(NCCC(=O)OC(C)C)NCc1ccccc1F. The number of aliphatic imine (C=N–C) groups is 1. The molecule has 21 heavy (non-hydrogen) atoms. The van der Waals surface area contributed by atoms with Crippen LogP contribution in [0.4, 0.5) is 4.39 Å². The average Bonchev–Trinajstić information content (AvgIpc) is 2.43. The second-order valence-electron chi connectivity index (χ2n) is 4.73. The molecule has 0 spiro atoms. The normalized spacial score (nSPS) is 11.4. The van der Waals surface area contributed by atoms with Gasteiger partial charge < -0.3 is 15.4 Å². The van der Waals surface area contributed by atoms with Crippen molar-refractivity contribution in [1.82, 2.24) is 10.6 Å². The number of benzene rings is 1. The molecule has 0 heterocycles. The molecule has 0 amide bonds. The van der Waals surface area contributed by atoms with E-state index in [1.54, 1.807) is 39.1 Å². The van der Waals surface area contributed by atoms with Crippen LogP contribution in [0.2, 0.25) is 0 Å². The van der Waals surface area contributed by atoms with Crippen LogP contribution in [-0.4, -0.2) is 31.6 Å². The monoisotopic (exact) mass is 295 g/mol. The van der Waals surface area contributed by atoms with Crippen LogP contribution in [0.5, 0.6) is 0 Å². The molecule has 6 heteroatoms. The van der Waals surface area contributed by atoms with E-state index < -0.39 is 0 Å².